The fraction of sp³-hybridized carbons (Fsp3) is 0.519. The molecule has 2 spiro atoms. The minimum Gasteiger partial charge on any atom is -0.395 e. The van der Waals surface area contributed by atoms with E-state index < -0.39 is 16.1 Å². The van der Waals surface area contributed by atoms with Crippen LogP contribution in [0.2, 0.25) is 0 Å². The van der Waals surface area contributed by atoms with Gasteiger partial charge in [-0.3, -0.25) is 4.79 Å². The average molecular weight is 560 g/mol. The molecule has 3 fully saturated rings. The summed E-state index contributed by atoms with van der Waals surface area (Å²) < 4.78 is 29.7. The second kappa shape index (κ2) is 8.40. The molecular formula is C27H31BrN2O4S. The highest BCUT2D eigenvalue weighted by molar-refractivity contribution is 9.10. The molecule has 6 nitrogen and oxygen atoms in total. The van der Waals surface area contributed by atoms with E-state index in [1.807, 2.05) is 17.0 Å². The number of aliphatic hydroxyl groups is 1. The standard InChI is InChI=1S/C27H31BrN2O4S/c28-20-6-7-24-22(15-20)27(12-10-26(8-9-26)11-13-27)17-30(24)25(32)19-2-1-3-21(14-19)35(33,34)29-23(16-31)18-4-5-18/h1-3,6-7,14-15,18,23,29,31H,4-5,8-13,16-17H2. The van der Waals surface area contributed by atoms with E-state index in [0.29, 0.717) is 17.5 Å². The van der Waals surface area contributed by atoms with Crippen molar-refractivity contribution in [3.63, 3.8) is 0 Å². The van der Waals surface area contributed by atoms with Crippen molar-refractivity contribution in [1.82, 2.24) is 4.72 Å². The Kier molecular flexibility index (Phi) is 5.68. The van der Waals surface area contributed by atoms with Gasteiger partial charge in [-0.05, 0) is 105 Å². The van der Waals surface area contributed by atoms with Crippen LogP contribution in [0.1, 0.15) is 67.3 Å². The van der Waals surface area contributed by atoms with Crippen LogP contribution in [0.5, 0.6) is 0 Å². The van der Waals surface area contributed by atoms with E-state index in [2.05, 4.69) is 26.7 Å². The number of amides is 1. The zero-order chi connectivity index (χ0) is 24.4. The minimum atomic E-state index is -3.84. The van der Waals surface area contributed by atoms with Gasteiger partial charge >= 0.3 is 0 Å². The van der Waals surface area contributed by atoms with Gasteiger partial charge in [0.2, 0.25) is 10.0 Å². The number of hydrogen-bond acceptors (Lipinski definition) is 4. The highest BCUT2D eigenvalue weighted by atomic mass is 79.9. The van der Waals surface area contributed by atoms with Crippen molar-refractivity contribution in [3.8, 4) is 0 Å². The quantitative estimate of drug-likeness (QED) is 0.535. The highest BCUT2D eigenvalue weighted by Gasteiger charge is 2.53. The number of rotatable bonds is 6. The van der Waals surface area contributed by atoms with E-state index in [-0.39, 0.29) is 28.7 Å². The minimum absolute atomic E-state index is 0.0353. The molecule has 3 aliphatic carbocycles. The summed E-state index contributed by atoms with van der Waals surface area (Å²) in [4.78, 5) is 15.7. The molecule has 2 aromatic rings. The van der Waals surface area contributed by atoms with Gasteiger partial charge in [0.1, 0.15) is 0 Å². The SMILES string of the molecule is O=C(c1cccc(S(=O)(=O)NC(CO)C2CC2)c1)N1CC2(CCC3(CC3)CC2)c2cc(Br)ccc21. The van der Waals surface area contributed by atoms with Crippen LogP contribution in [0.3, 0.4) is 0 Å². The summed E-state index contributed by atoms with van der Waals surface area (Å²) in [5, 5.41) is 9.61. The first-order valence-corrected chi connectivity index (χ1v) is 14.9. The predicted octanol–water partition coefficient (Wildman–Crippen LogP) is 4.75. The molecule has 6 rings (SSSR count). The van der Waals surface area contributed by atoms with Crippen molar-refractivity contribution in [1.29, 1.82) is 0 Å². The van der Waals surface area contributed by atoms with Gasteiger partial charge in [0.15, 0.2) is 0 Å². The zero-order valence-corrected chi connectivity index (χ0v) is 22.1. The molecule has 1 aliphatic heterocycles. The van der Waals surface area contributed by atoms with Crippen LogP contribution in [-0.4, -0.2) is 38.6 Å². The maximum atomic E-state index is 13.8. The van der Waals surface area contributed by atoms with Gasteiger partial charge in [-0.15, -0.1) is 0 Å². The number of nitrogens with one attached hydrogen (secondary N) is 1. The summed E-state index contributed by atoms with van der Waals surface area (Å²) in [5.74, 6) is 0.0107. The molecule has 35 heavy (non-hydrogen) atoms. The second-order valence-electron chi connectivity index (χ2n) is 11.1. The number of benzene rings is 2. The van der Waals surface area contributed by atoms with Gasteiger partial charge in [0.25, 0.3) is 5.91 Å². The van der Waals surface area contributed by atoms with Crippen LogP contribution < -0.4 is 9.62 Å². The van der Waals surface area contributed by atoms with Crippen LogP contribution in [0.15, 0.2) is 51.8 Å². The molecule has 4 aliphatic rings. The number of anilines is 1. The van der Waals surface area contributed by atoms with E-state index >= 15 is 0 Å². The fourth-order valence-corrected chi connectivity index (χ4v) is 7.89. The lowest BCUT2D eigenvalue weighted by Gasteiger charge is -2.38. The van der Waals surface area contributed by atoms with Crippen molar-refractivity contribution >= 4 is 37.5 Å². The maximum Gasteiger partial charge on any atom is 0.258 e. The van der Waals surface area contributed by atoms with E-state index in [1.165, 1.54) is 43.4 Å². The lowest BCUT2D eigenvalue weighted by atomic mass is 9.66. The topological polar surface area (TPSA) is 86.7 Å². The van der Waals surface area contributed by atoms with Gasteiger partial charge in [0, 0.05) is 33.7 Å². The van der Waals surface area contributed by atoms with Gasteiger partial charge < -0.3 is 10.0 Å². The molecule has 3 saturated carbocycles. The summed E-state index contributed by atoms with van der Waals surface area (Å²) in [6.07, 6.45) is 9.11. The second-order valence-corrected chi connectivity index (χ2v) is 13.7. The van der Waals surface area contributed by atoms with Crippen LogP contribution >= 0.6 is 15.9 Å². The summed E-state index contributed by atoms with van der Waals surface area (Å²) in [6, 6.07) is 12.0. The van der Waals surface area contributed by atoms with Gasteiger partial charge in [-0.2, -0.15) is 0 Å². The molecule has 1 unspecified atom stereocenters. The van der Waals surface area contributed by atoms with Gasteiger partial charge in [-0.1, -0.05) is 22.0 Å². The normalized spacial score (nSPS) is 22.9. The number of fused-ring (bicyclic) bond motifs is 2. The van der Waals surface area contributed by atoms with Gasteiger partial charge in [0.05, 0.1) is 11.5 Å². The smallest absolute Gasteiger partial charge is 0.258 e. The Balaban J connectivity index is 1.29. The Morgan fingerprint density at radius 2 is 1.80 bits per heavy atom. The maximum absolute atomic E-state index is 13.8. The molecule has 2 aromatic carbocycles. The Hall–Kier alpha value is -1.74. The van der Waals surface area contributed by atoms with Crippen LogP contribution in [0, 0.1) is 11.3 Å². The Morgan fingerprint density at radius 3 is 2.46 bits per heavy atom. The molecule has 186 valence electrons. The number of carbonyl (C=O) groups is 1. The van der Waals surface area contributed by atoms with Crippen molar-refractivity contribution in [3.05, 3.63) is 58.1 Å². The number of nitrogens with zero attached hydrogens (tertiary/aromatic N) is 1. The third kappa shape index (κ3) is 4.26. The summed E-state index contributed by atoms with van der Waals surface area (Å²) in [7, 11) is -3.84. The highest BCUT2D eigenvalue weighted by Crippen LogP contribution is 2.62. The van der Waals surface area contributed by atoms with E-state index in [9.17, 15) is 18.3 Å². The molecular weight excluding hydrogens is 528 g/mol. The van der Waals surface area contributed by atoms with Crippen molar-refractivity contribution < 1.29 is 18.3 Å². The summed E-state index contributed by atoms with van der Waals surface area (Å²) in [6.45, 7) is 0.406. The first-order valence-electron chi connectivity index (χ1n) is 12.6. The monoisotopic (exact) mass is 558 g/mol. The summed E-state index contributed by atoms with van der Waals surface area (Å²) >= 11 is 3.63. The zero-order valence-electron chi connectivity index (χ0n) is 19.7. The number of hydrogen-bond donors (Lipinski definition) is 2. The fourth-order valence-electron chi connectivity index (χ4n) is 6.19. The predicted molar refractivity (Wildman–Crippen MR) is 138 cm³/mol. The van der Waals surface area contributed by atoms with E-state index in [0.717, 1.165) is 35.8 Å². The molecule has 1 heterocycles. The molecule has 0 radical (unpaired) electrons. The van der Waals surface area contributed by atoms with Crippen LogP contribution in [0.25, 0.3) is 0 Å². The molecule has 0 bridgehead atoms. The molecule has 0 saturated heterocycles. The van der Waals surface area contributed by atoms with Gasteiger partial charge in [-0.25, -0.2) is 13.1 Å². The Bertz CT molecular complexity index is 1280. The largest absolute Gasteiger partial charge is 0.395 e. The van der Waals surface area contributed by atoms with Crippen molar-refractivity contribution in [2.75, 3.05) is 18.1 Å². The first-order chi connectivity index (χ1) is 16.7. The molecule has 0 aromatic heterocycles. The number of sulfonamides is 1. The van der Waals surface area contributed by atoms with E-state index in [4.69, 9.17) is 0 Å². The number of carbonyl (C=O) groups excluding carboxylic acids is 1. The Morgan fingerprint density at radius 1 is 1.09 bits per heavy atom. The third-order valence-corrected chi connectivity index (χ3v) is 10.8. The lowest BCUT2D eigenvalue weighted by Crippen LogP contribution is -2.40. The van der Waals surface area contributed by atoms with Crippen LogP contribution in [-0.2, 0) is 15.4 Å². The van der Waals surface area contributed by atoms with Crippen molar-refractivity contribution in [2.45, 2.75) is 67.7 Å². The molecule has 1 atom stereocenters. The first kappa shape index (κ1) is 23.6. The third-order valence-electron chi connectivity index (χ3n) is 8.84. The molecule has 2 N–H and O–H groups in total. The van der Waals surface area contributed by atoms with E-state index in [1.54, 1.807) is 12.1 Å². The summed E-state index contributed by atoms with van der Waals surface area (Å²) in [5.41, 5.74) is 3.05. The number of aliphatic hydroxyl groups excluding tert-OH is 1. The lowest BCUT2D eigenvalue weighted by molar-refractivity contribution is 0.0980. The van der Waals surface area contributed by atoms with Crippen LogP contribution in [0.4, 0.5) is 5.69 Å². The van der Waals surface area contributed by atoms with Crippen molar-refractivity contribution in [2.24, 2.45) is 11.3 Å². The average Bonchev–Trinajstić information content (AvgIpc) is 3.80. The number of halogens is 1. The molecule has 8 heteroatoms. The molecule has 1 amide bonds. The Labute approximate surface area is 215 Å².